The zero-order valence-corrected chi connectivity index (χ0v) is 15.2. The molecule has 8 nitrogen and oxygen atoms in total. The second-order valence-electron chi connectivity index (χ2n) is 5.86. The van der Waals surface area contributed by atoms with Gasteiger partial charge in [0, 0.05) is 5.56 Å². The van der Waals surface area contributed by atoms with Gasteiger partial charge in [-0.2, -0.15) is 0 Å². The van der Waals surface area contributed by atoms with Gasteiger partial charge in [-0.3, -0.25) is 14.9 Å². The summed E-state index contributed by atoms with van der Waals surface area (Å²) in [6, 6.07) is 11.5. The van der Waals surface area contributed by atoms with Crippen molar-refractivity contribution in [2.24, 2.45) is 0 Å². The van der Waals surface area contributed by atoms with Gasteiger partial charge in [0.1, 0.15) is 6.04 Å². The molecule has 0 radical (unpaired) electrons. The van der Waals surface area contributed by atoms with E-state index in [1.165, 1.54) is 14.2 Å². The highest BCUT2D eigenvalue weighted by Crippen LogP contribution is 2.27. The van der Waals surface area contributed by atoms with Crippen molar-refractivity contribution in [2.75, 3.05) is 19.5 Å². The summed E-state index contributed by atoms with van der Waals surface area (Å²) in [4.78, 5) is 32.1. The molecule has 0 spiro atoms. The van der Waals surface area contributed by atoms with E-state index in [0.29, 0.717) is 23.0 Å². The van der Waals surface area contributed by atoms with Crippen LogP contribution in [0.2, 0.25) is 0 Å². The Morgan fingerprint density at radius 3 is 2.52 bits per heavy atom. The van der Waals surface area contributed by atoms with Gasteiger partial charge in [0.2, 0.25) is 11.9 Å². The summed E-state index contributed by atoms with van der Waals surface area (Å²) < 4.78 is 10.3. The van der Waals surface area contributed by atoms with Crippen LogP contribution in [0, 0.1) is 0 Å². The van der Waals surface area contributed by atoms with Gasteiger partial charge in [0.25, 0.3) is 5.91 Å². The zero-order chi connectivity index (χ0) is 19.4. The normalized spacial score (nSPS) is 11.7. The Labute approximate surface area is 155 Å². The number of carbonyl (C=O) groups is 2. The van der Waals surface area contributed by atoms with E-state index in [2.05, 4.69) is 20.6 Å². The highest BCUT2D eigenvalue weighted by molar-refractivity contribution is 6.01. The predicted molar refractivity (Wildman–Crippen MR) is 101 cm³/mol. The van der Waals surface area contributed by atoms with Gasteiger partial charge in [0.05, 0.1) is 25.3 Å². The largest absolute Gasteiger partial charge is 0.493 e. The molecule has 0 bridgehead atoms. The van der Waals surface area contributed by atoms with Gasteiger partial charge in [-0.25, -0.2) is 4.98 Å². The van der Waals surface area contributed by atoms with E-state index in [1.54, 1.807) is 25.1 Å². The molecule has 0 aliphatic carbocycles. The SMILES string of the molecule is COc1ccc(C(=O)N[C@H](C)C(=O)Nc2nc3ccccc3[nH]2)cc1OC. The number of hydrogen-bond donors (Lipinski definition) is 3. The number of anilines is 1. The molecule has 2 amide bonds. The number of aromatic nitrogens is 2. The third kappa shape index (κ3) is 4.00. The number of rotatable bonds is 6. The number of nitrogens with one attached hydrogen (secondary N) is 3. The minimum Gasteiger partial charge on any atom is -0.493 e. The lowest BCUT2D eigenvalue weighted by atomic mass is 10.1. The number of para-hydroxylation sites is 2. The highest BCUT2D eigenvalue weighted by Gasteiger charge is 2.19. The Hall–Kier alpha value is -3.55. The average molecular weight is 368 g/mol. The molecule has 8 heteroatoms. The number of ether oxygens (including phenoxy) is 2. The van der Waals surface area contributed by atoms with Gasteiger partial charge in [-0.15, -0.1) is 0 Å². The molecular weight excluding hydrogens is 348 g/mol. The lowest BCUT2D eigenvalue weighted by molar-refractivity contribution is -0.117. The zero-order valence-electron chi connectivity index (χ0n) is 15.2. The van der Waals surface area contributed by atoms with Crippen LogP contribution in [0.3, 0.4) is 0 Å². The molecule has 1 aromatic heterocycles. The number of benzene rings is 2. The van der Waals surface area contributed by atoms with E-state index >= 15 is 0 Å². The monoisotopic (exact) mass is 368 g/mol. The lowest BCUT2D eigenvalue weighted by Gasteiger charge is -2.14. The molecule has 0 unspecified atom stereocenters. The first-order chi connectivity index (χ1) is 13.0. The predicted octanol–water partition coefficient (Wildman–Crippen LogP) is 2.34. The smallest absolute Gasteiger partial charge is 0.252 e. The Bertz CT molecular complexity index is 950. The number of aromatic amines is 1. The molecule has 0 aliphatic heterocycles. The van der Waals surface area contributed by atoms with E-state index in [0.717, 1.165) is 11.0 Å². The Morgan fingerprint density at radius 1 is 1.07 bits per heavy atom. The van der Waals surface area contributed by atoms with Crippen LogP contribution in [0.25, 0.3) is 11.0 Å². The van der Waals surface area contributed by atoms with E-state index in [9.17, 15) is 9.59 Å². The molecule has 2 aromatic carbocycles. The molecule has 1 heterocycles. The topological polar surface area (TPSA) is 105 Å². The van der Waals surface area contributed by atoms with E-state index in [1.807, 2.05) is 24.3 Å². The second kappa shape index (κ2) is 7.77. The number of nitrogens with zero attached hydrogens (tertiary/aromatic N) is 1. The van der Waals surface area contributed by atoms with E-state index in [-0.39, 0.29) is 5.91 Å². The highest BCUT2D eigenvalue weighted by atomic mass is 16.5. The number of methoxy groups -OCH3 is 2. The molecule has 3 rings (SSSR count). The summed E-state index contributed by atoms with van der Waals surface area (Å²) >= 11 is 0. The standard InChI is InChI=1S/C19H20N4O4/c1-11(17(24)23-19-21-13-6-4-5-7-14(13)22-19)20-18(25)12-8-9-15(26-2)16(10-12)27-3/h4-11H,1-3H3,(H,20,25)(H2,21,22,23,24)/t11-/m1/s1. The quantitative estimate of drug-likeness (QED) is 0.619. The number of H-pyrrole nitrogens is 1. The fraction of sp³-hybridized carbons (Fsp3) is 0.211. The van der Waals surface area contributed by atoms with Crippen LogP contribution in [0.4, 0.5) is 5.95 Å². The van der Waals surface area contributed by atoms with Crippen molar-refractivity contribution in [1.82, 2.24) is 15.3 Å². The van der Waals surface area contributed by atoms with Crippen molar-refractivity contribution in [3.8, 4) is 11.5 Å². The maximum absolute atomic E-state index is 12.4. The maximum Gasteiger partial charge on any atom is 0.252 e. The number of hydrogen-bond acceptors (Lipinski definition) is 5. The fourth-order valence-corrected chi connectivity index (χ4v) is 2.56. The lowest BCUT2D eigenvalue weighted by Crippen LogP contribution is -2.41. The Morgan fingerprint density at radius 2 is 1.81 bits per heavy atom. The third-order valence-electron chi connectivity index (χ3n) is 4.02. The first-order valence-electron chi connectivity index (χ1n) is 8.30. The Kier molecular flexibility index (Phi) is 5.25. The van der Waals surface area contributed by atoms with Crippen molar-refractivity contribution in [1.29, 1.82) is 0 Å². The second-order valence-corrected chi connectivity index (χ2v) is 5.86. The summed E-state index contributed by atoms with van der Waals surface area (Å²) in [5, 5.41) is 5.31. The first kappa shape index (κ1) is 18.2. The summed E-state index contributed by atoms with van der Waals surface area (Å²) in [7, 11) is 3.00. The fourth-order valence-electron chi connectivity index (χ4n) is 2.56. The van der Waals surface area contributed by atoms with Crippen LogP contribution >= 0.6 is 0 Å². The van der Waals surface area contributed by atoms with E-state index < -0.39 is 11.9 Å². The molecule has 3 N–H and O–H groups in total. The molecule has 140 valence electrons. The number of amides is 2. The van der Waals surface area contributed by atoms with Crippen LogP contribution in [-0.4, -0.2) is 42.0 Å². The minimum atomic E-state index is -0.765. The molecule has 27 heavy (non-hydrogen) atoms. The molecule has 0 fully saturated rings. The molecule has 1 atom stereocenters. The molecule has 0 saturated heterocycles. The van der Waals surface area contributed by atoms with Crippen molar-refractivity contribution in [2.45, 2.75) is 13.0 Å². The summed E-state index contributed by atoms with van der Waals surface area (Å²) in [6.45, 7) is 1.59. The summed E-state index contributed by atoms with van der Waals surface area (Å²) in [5.74, 6) is 0.494. The van der Waals surface area contributed by atoms with E-state index in [4.69, 9.17) is 9.47 Å². The van der Waals surface area contributed by atoms with Gasteiger partial charge in [0.15, 0.2) is 11.5 Å². The summed E-state index contributed by atoms with van der Waals surface area (Å²) in [6.07, 6.45) is 0. The van der Waals surface area contributed by atoms with Gasteiger partial charge >= 0.3 is 0 Å². The van der Waals surface area contributed by atoms with Crippen LogP contribution < -0.4 is 20.1 Å². The van der Waals surface area contributed by atoms with Gasteiger partial charge < -0.3 is 19.8 Å². The average Bonchev–Trinajstić information content (AvgIpc) is 3.09. The Balaban J connectivity index is 1.66. The summed E-state index contributed by atoms with van der Waals surface area (Å²) in [5.41, 5.74) is 1.92. The van der Waals surface area contributed by atoms with Crippen LogP contribution in [0.1, 0.15) is 17.3 Å². The molecule has 0 saturated carbocycles. The molecular formula is C19H20N4O4. The van der Waals surface area contributed by atoms with Gasteiger partial charge in [-0.1, -0.05) is 12.1 Å². The minimum absolute atomic E-state index is 0.327. The number of carbonyl (C=O) groups excluding carboxylic acids is 2. The van der Waals surface area contributed by atoms with Crippen molar-refractivity contribution in [3.63, 3.8) is 0 Å². The van der Waals surface area contributed by atoms with Crippen LogP contribution in [0.15, 0.2) is 42.5 Å². The van der Waals surface area contributed by atoms with Gasteiger partial charge in [-0.05, 0) is 37.3 Å². The number of fused-ring (bicyclic) bond motifs is 1. The number of imidazole rings is 1. The van der Waals surface area contributed by atoms with Crippen molar-refractivity contribution in [3.05, 3.63) is 48.0 Å². The molecule has 3 aromatic rings. The first-order valence-corrected chi connectivity index (χ1v) is 8.30. The molecule has 0 aliphatic rings. The van der Waals surface area contributed by atoms with Crippen LogP contribution in [-0.2, 0) is 4.79 Å². The van der Waals surface area contributed by atoms with Crippen molar-refractivity contribution >= 4 is 28.8 Å². The van der Waals surface area contributed by atoms with Crippen LogP contribution in [0.5, 0.6) is 11.5 Å². The van der Waals surface area contributed by atoms with Crippen molar-refractivity contribution < 1.29 is 19.1 Å². The maximum atomic E-state index is 12.4. The third-order valence-corrected chi connectivity index (χ3v) is 4.02.